The van der Waals surface area contributed by atoms with E-state index in [2.05, 4.69) is 0 Å². The Morgan fingerprint density at radius 1 is 1.22 bits per heavy atom. The molecule has 0 aromatic heterocycles. The monoisotopic (exact) mass is 394 g/mol. The summed E-state index contributed by atoms with van der Waals surface area (Å²) in [6.07, 6.45) is -5.44. The lowest BCUT2D eigenvalue weighted by Gasteiger charge is -2.46. The Morgan fingerprint density at radius 2 is 1.78 bits per heavy atom. The highest BCUT2D eigenvalue weighted by atomic mass is 19.4. The molecule has 0 spiro atoms. The molecule has 1 aliphatic heterocycles. The summed E-state index contributed by atoms with van der Waals surface area (Å²) < 4.78 is 43.9. The fourth-order valence-corrected chi connectivity index (χ4v) is 3.82. The van der Waals surface area contributed by atoms with Crippen LogP contribution in [0.1, 0.15) is 60.8 Å². The van der Waals surface area contributed by atoms with E-state index in [1.165, 1.54) is 4.90 Å². The van der Waals surface area contributed by atoms with Crippen LogP contribution in [0.15, 0.2) is 0 Å². The number of carbonyl (C=O) groups excluding carboxylic acids is 2. The molecule has 0 bridgehead atoms. The molecule has 0 radical (unpaired) electrons. The molecule has 1 amide bonds. The van der Waals surface area contributed by atoms with Crippen molar-refractivity contribution in [3.05, 3.63) is 0 Å². The number of piperidine rings is 1. The van der Waals surface area contributed by atoms with E-state index in [9.17, 15) is 22.8 Å². The van der Waals surface area contributed by atoms with Crippen molar-refractivity contribution in [2.75, 3.05) is 6.54 Å². The zero-order valence-electron chi connectivity index (χ0n) is 17.1. The lowest BCUT2D eigenvalue weighted by molar-refractivity contribution is -0.176. The summed E-state index contributed by atoms with van der Waals surface area (Å²) >= 11 is 0. The van der Waals surface area contributed by atoms with Crippen LogP contribution in [0.2, 0.25) is 0 Å². The van der Waals surface area contributed by atoms with Gasteiger partial charge >= 0.3 is 12.1 Å². The Bertz CT molecular complexity index is 529. The van der Waals surface area contributed by atoms with Crippen molar-refractivity contribution >= 4 is 11.9 Å². The first-order valence-corrected chi connectivity index (χ1v) is 9.44. The van der Waals surface area contributed by atoms with Gasteiger partial charge in [-0.3, -0.25) is 9.59 Å². The first kappa shape index (κ1) is 23.7. The first-order valence-electron chi connectivity index (χ1n) is 9.44. The molecule has 8 heteroatoms. The van der Waals surface area contributed by atoms with E-state index in [4.69, 9.17) is 10.5 Å². The molecule has 0 aromatic carbocycles. The number of nitrogens with zero attached hydrogens (tertiary/aromatic N) is 1. The standard InChI is InChI=1S/C19H33F3N2O3/c1-11-7-14(8-12(2)23)10-24(15(25)9-19(20,21)22)16(11)13(3)27-17(26)18(4,5)6/h11-14,16H,7-10,23H2,1-6H3/t11-,12-,13+,14?,16?/m1/s1. The number of carbonyl (C=O) groups is 2. The van der Waals surface area contributed by atoms with Gasteiger partial charge in [-0.15, -0.1) is 0 Å². The first-order chi connectivity index (χ1) is 12.1. The lowest BCUT2D eigenvalue weighted by atomic mass is 9.79. The van der Waals surface area contributed by atoms with Gasteiger partial charge in [0.05, 0.1) is 11.5 Å². The molecule has 5 nitrogen and oxygen atoms in total. The third kappa shape index (κ3) is 7.31. The third-order valence-corrected chi connectivity index (χ3v) is 4.87. The van der Waals surface area contributed by atoms with Gasteiger partial charge in [0, 0.05) is 12.6 Å². The molecule has 0 aromatic rings. The quantitative estimate of drug-likeness (QED) is 0.725. The summed E-state index contributed by atoms with van der Waals surface area (Å²) in [5, 5.41) is 0. The second kappa shape index (κ2) is 8.80. The van der Waals surface area contributed by atoms with Gasteiger partial charge < -0.3 is 15.4 Å². The van der Waals surface area contributed by atoms with Gasteiger partial charge in [0.2, 0.25) is 5.91 Å². The van der Waals surface area contributed by atoms with Crippen LogP contribution in [0.3, 0.4) is 0 Å². The van der Waals surface area contributed by atoms with Crippen LogP contribution < -0.4 is 5.73 Å². The molecule has 2 unspecified atom stereocenters. The number of ether oxygens (including phenoxy) is 1. The molecular formula is C19H33F3N2O3. The summed E-state index contributed by atoms with van der Waals surface area (Å²) in [5.41, 5.74) is 5.12. The van der Waals surface area contributed by atoms with Gasteiger partial charge in [-0.1, -0.05) is 6.92 Å². The summed E-state index contributed by atoms with van der Waals surface area (Å²) in [6, 6.07) is -0.690. The second-order valence-electron chi connectivity index (χ2n) is 8.98. The van der Waals surface area contributed by atoms with Crippen molar-refractivity contribution in [2.24, 2.45) is 23.0 Å². The maximum Gasteiger partial charge on any atom is 0.397 e. The molecule has 1 heterocycles. The van der Waals surface area contributed by atoms with Crippen molar-refractivity contribution in [3.8, 4) is 0 Å². The topological polar surface area (TPSA) is 72.6 Å². The average Bonchev–Trinajstić information content (AvgIpc) is 2.42. The number of alkyl halides is 3. The van der Waals surface area contributed by atoms with Crippen LogP contribution in [0.4, 0.5) is 13.2 Å². The second-order valence-corrected chi connectivity index (χ2v) is 8.98. The number of hydrogen-bond donors (Lipinski definition) is 1. The fourth-order valence-electron chi connectivity index (χ4n) is 3.82. The minimum absolute atomic E-state index is 0.0268. The molecule has 1 rings (SSSR count). The Morgan fingerprint density at radius 3 is 2.22 bits per heavy atom. The number of esters is 1. The summed E-state index contributed by atoms with van der Waals surface area (Å²) in [7, 11) is 0. The molecule has 1 saturated heterocycles. The van der Waals surface area contributed by atoms with E-state index < -0.39 is 42.0 Å². The molecule has 27 heavy (non-hydrogen) atoms. The van der Waals surface area contributed by atoms with Crippen molar-refractivity contribution in [3.63, 3.8) is 0 Å². The van der Waals surface area contributed by atoms with Crippen molar-refractivity contribution in [1.29, 1.82) is 0 Å². The van der Waals surface area contributed by atoms with Gasteiger partial charge in [-0.25, -0.2) is 0 Å². The molecule has 0 saturated carbocycles. The van der Waals surface area contributed by atoms with Crippen molar-refractivity contribution in [2.45, 2.75) is 85.2 Å². The normalized spacial score (nSPS) is 26.4. The van der Waals surface area contributed by atoms with Crippen LogP contribution in [0, 0.1) is 17.3 Å². The van der Waals surface area contributed by atoms with E-state index in [-0.39, 0.29) is 24.4 Å². The van der Waals surface area contributed by atoms with Gasteiger partial charge in [0.15, 0.2) is 0 Å². The van der Waals surface area contributed by atoms with Crippen molar-refractivity contribution < 1.29 is 27.5 Å². The maximum atomic E-state index is 12.8. The Labute approximate surface area is 159 Å². The zero-order chi connectivity index (χ0) is 21.2. The molecule has 1 aliphatic rings. The molecule has 2 N–H and O–H groups in total. The van der Waals surface area contributed by atoms with Gasteiger partial charge in [0.1, 0.15) is 12.5 Å². The van der Waals surface area contributed by atoms with E-state index in [1.54, 1.807) is 27.7 Å². The lowest BCUT2D eigenvalue weighted by Crippen LogP contribution is -2.57. The number of likely N-dealkylation sites (tertiary alicyclic amines) is 1. The Balaban J connectivity index is 3.05. The predicted octanol–water partition coefficient (Wildman–Crippen LogP) is 3.51. The van der Waals surface area contributed by atoms with Crippen LogP contribution in [-0.4, -0.2) is 47.7 Å². The van der Waals surface area contributed by atoms with Crippen LogP contribution >= 0.6 is 0 Å². The van der Waals surface area contributed by atoms with Crippen LogP contribution in [0.5, 0.6) is 0 Å². The third-order valence-electron chi connectivity index (χ3n) is 4.87. The van der Waals surface area contributed by atoms with E-state index in [1.807, 2.05) is 13.8 Å². The molecule has 5 atom stereocenters. The Kier molecular flexibility index (Phi) is 7.73. The van der Waals surface area contributed by atoms with Gasteiger partial charge in [-0.05, 0) is 59.3 Å². The predicted molar refractivity (Wildman–Crippen MR) is 96.7 cm³/mol. The van der Waals surface area contributed by atoms with Crippen LogP contribution in [0.25, 0.3) is 0 Å². The minimum Gasteiger partial charge on any atom is -0.460 e. The summed E-state index contributed by atoms with van der Waals surface area (Å²) in [5.74, 6) is -1.50. The van der Waals surface area contributed by atoms with Gasteiger partial charge in [-0.2, -0.15) is 13.2 Å². The van der Waals surface area contributed by atoms with E-state index in [0.29, 0.717) is 6.42 Å². The van der Waals surface area contributed by atoms with Gasteiger partial charge in [0.25, 0.3) is 0 Å². The maximum absolute atomic E-state index is 12.8. The molecular weight excluding hydrogens is 361 g/mol. The largest absolute Gasteiger partial charge is 0.460 e. The highest BCUT2D eigenvalue weighted by Crippen LogP contribution is 2.35. The summed E-state index contributed by atoms with van der Waals surface area (Å²) in [6.45, 7) is 10.7. The number of amides is 1. The number of nitrogens with two attached hydrogens (primary N) is 1. The Hall–Kier alpha value is -1.31. The summed E-state index contributed by atoms with van der Waals surface area (Å²) in [4.78, 5) is 25.9. The smallest absolute Gasteiger partial charge is 0.397 e. The number of rotatable bonds is 5. The van der Waals surface area contributed by atoms with Crippen LogP contribution in [-0.2, 0) is 14.3 Å². The highest BCUT2D eigenvalue weighted by Gasteiger charge is 2.44. The molecule has 158 valence electrons. The number of halogens is 3. The van der Waals surface area contributed by atoms with E-state index >= 15 is 0 Å². The zero-order valence-corrected chi connectivity index (χ0v) is 17.1. The number of hydrogen-bond acceptors (Lipinski definition) is 4. The fraction of sp³-hybridized carbons (Fsp3) is 0.895. The van der Waals surface area contributed by atoms with E-state index in [0.717, 1.165) is 6.42 Å². The average molecular weight is 394 g/mol. The SMILES string of the molecule is C[C@@H]1CC(C[C@@H](C)N)CN(C(=O)CC(F)(F)F)C1[C@H](C)OC(=O)C(C)(C)C. The minimum atomic E-state index is -4.58. The highest BCUT2D eigenvalue weighted by molar-refractivity contribution is 5.78. The molecule has 1 fully saturated rings. The molecule has 0 aliphatic carbocycles. The van der Waals surface area contributed by atoms with Crippen molar-refractivity contribution in [1.82, 2.24) is 4.90 Å².